The molecule has 118 valence electrons. The van der Waals surface area contributed by atoms with Gasteiger partial charge >= 0.3 is 0 Å². The molecule has 3 rings (SSSR count). The number of rotatable bonds is 4. The number of carbonyl (C=O) groups is 1. The van der Waals surface area contributed by atoms with Crippen molar-refractivity contribution in [3.05, 3.63) is 52.3 Å². The van der Waals surface area contributed by atoms with Crippen LogP contribution >= 0.6 is 23.2 Å². The molecular formula is C14H9Cl2FN4O2. The van der Waals surface area contributed by atoms with Crippen molar-refractivity contribution in [1.82, 2.24) is 15.2 Å². The smallest absolute Gasteiger partial charge is 0.265 e. The molecule has 0 aliphatic heterocycles. The van der Waals surface area contributed by atoms with Gasteiger partial charge in [0.2, 0.25) is 0 Å². The Labute approximate surface area is 139 Å². The molecule has 0 spiro atoms. The van der Waals surface area contributed by atoms with Gasteiger partial charge in [-0.2, -0.15) is 0 Å². The highest BCUT2D eigenvalue weighted by Gasteiger charge is 2.10. The Bertz CT molecular complexity index is 884. The van der Waals surface area contributed by atoms with Gasteiger partial charge in [0, 0.05) is 10.7 Å². The van der Waals surface area contributed by atoms with Gasteiger partial charge in [-0.1, -0.05) is 28.0 Å². The number of anilines is 1. The first-order chi connectivity index (χ1) is 11.0. The molecule has 23 heavy (non-hydrogen) atoms. The van der Waals surface area contributed by atoms with Crippen molar-refractivity contribution in [3.63, 3.8) is 0 Å². The monoisotopic (exact) mass is 354 g/mol. The van der Waals surface area contributed by atoms with E-state index in [0.29, 0.717) is 21.7 Å². The quantitative estimate of drug-likeness (QED) is 0.781. The maximum absolute atomic E-state index is 13.1. The lowest BCUT2D eigenvalue weighted by atomic mass is 10.3. The van der Waals surface area contributed by atoms with Crippen molar-refractivity contribution < 1.29 is 14.0 Å². The van der Waals surface area contributed by atoms with Gasteiger partial charge in [0.15, 0.2) is 6.61 Å². The predicted octanol–water partition coefficient (Wildman–Crippen LogP) is 2.94. The highest BCUT2D eigenvalue weighted by atomic mass is 35.5. The van der Waals surface area contributed by atoms with Gasteiger partial charge < -0.3 is 10.2 Å². The number of hydrogen-bond donors (Lipinski definition) is 1. The lowest BCUT2D eigenvalue weighted by Crippen LogP contribution is -2.26. The number of hydrogen-bond acceptors (Lipinski definition) is 4. The van der Waals surface area contributed by atoms with Crippen LogP contribution in [-0.4, -0.2) is 27.7 Å². The summed E-state index contributed by atoms with van der Waals surface area (Å²) >= 11 is 11.5. The average Bonchev–Trinajstić information content (AvgIpc) is 2.91. The Balaban J connectivity index is 1.66. The summed E-state index contributed by atoms with van der Waals surface area (Å²) in [7, 11) is 0. The third kappa shape index (κ3) is 3.52. The van der Waals surface area contributed by atoms with Crippen molar-refractivity contribution in [3.8, 4) is 0 Å². The third-order valence-corrected chi connectivity index (χ3v) is 3.42. The van der Waals surface area contributed by atoms with E-state index in [0.717, 1.165) is 10.9 Å². The summed E-state index contributed by atoms with van der Waals surface area (Å²) in [5.41, 5.74) is 1.48. The van der Waals surface area contributed by atoms with Gasteiger partial charge in [-0.05, 0) is 41.6 Å². The SMILES string of the molecule is O=C(COn1nnc2ccc(Cl)cc21)Nc1ccc(F)c(Cl)c1. The number of nitrogens with zero attached hydrogens (tertiary/aromatic N) is 3. The minimum Gasteiger partial charge on any atom is -0.385 e. The maximum atomic E-state index is 13.1. The van der Waals surface area contributed by atoms with Crippen LogP contribution in [0.5, 0.6) is 0 Å². The molecule has 0 aliphatic carbocycles. The number of fused-ring (bicyclic) bond motifs is 1. The summed E-state index contributed by atoms with van der Waals surface area (Å²) in [6.45, 7) is -0.319. The van der Waals surface area contributed by atoms with Crippen LogP contribution in [0, 0.1) is 5.82 Å². The standard InChI is InChI=1S/C14H9Cl2FN4O2/c15-8-1-4-12-13(5-8)21(20-19-12)23-7-14(22)18-9-2-3-11(17)10(16)6-9/h1-6H,7H2,(H,18,22). The van der Waals surface area contributed by atoms with E-state index in [2.05, 4.69) is 15.6 Å². The molecule has 0 aliphatic rings. The lowest BCUT2D eigenvalue weighted by molar-refractivity contribution is -0.121. The zero-order valence-electron chi connectivity index (χ0n) is 11.5. The van der Waals surface area contributed by atoms with E-state index < -0.39 is 11.7 Å². The predicted molar refractivity (Wildman–Crippen MR) is 84.0 cm³/mol. The van der Waals surface area contributed by atoms with Crippen LogP contribution in [-0.2, 0) is 4.79 Å². The van der Waals surface area contributed by atoms with E-state index in [-0.39, 0.29) is 11.6 Å². The first-order valence-electron chi connectivity index (χ1n) is 6.42. The van der Waals surface area contributed by atoms with E-state index in [4.69, 9.17) is 28.0 Å². The van der Waals surface area contributed by atoms with Crippen molar-refractivity contribution in [2.24, 2.45) is 0 Å². The topological polar surface area (TPSA) is 69.0 Å². The average molecular weight is 355 g/mol. The fourth-order valence-corrected chi connectivity index (χ4v) is 2.20. The second kappa shape index (κ2) is 6.39. The molecule has 0 radical (unpaired) electrons. The van der Waals surface area contributed by atoms with Gasteiger partial charge in [-0.25, -0.2) is 4.39 Å². The van der Waals surface area contributed by atoms with Crippen molar-refractivity contribution in [2.75, 3.05) is 11.9 Å². The van der Waals surface area contributed by atoms with Crippen molar-refractivity contribution in [1.29, 1.82) is 0 Å². The Morgan fingerprint density at radius 2 is 2.09 bits per heavy atom. The number of aromatic nitrogens is 3. The molecule has 1 aromatic heterocycles. The van der Waals surface area contributed by atoms with Gasteiger partial charge in [0.05, 0.1) is 5.02 Å². The fraction of sp³-hybridized carbons (Fsp3) is 0.0714. The fourth-order valence-electron chi connectivity index (χ4n) is 1.86. The molecular weight excluding hydrogens is 346 g/mol. The van der Waals surface area contributed by atoms with E-state index >= 15 is 0 Å². The molecule has 0 fully saturated rings. The van der Waals surface area contributed by atoms with Crippen molar-refractivity contribution >= 4 is 45.8 Å². The van der Waals surface area contributed by atoms with E-state index in [9.17, 15) is 9.18 Å². The molecule has 1 amide bonds. The van der Waals surface area contributed by atoms with Crippen LogP contribution in [0.25, 0.3) is 11.0 Å². The van der Waals surface area contributed by atoms with E-state index in [1.807, 2.05) is 0 Å². The molecule has 6 nitrogen and oxygen atoms in total. The summed E-state index contributed by atoms with van der Waals surface area (Å²) in [5, 5.41) is 10.6. The van der Waals surface area contributed by atoms with Crippen LogP contribution in [0.2, 0.25) is 10.0 Å². The Morgan fingerprint density at radius 1 is 1.26 bits per heavy atom. The lowest BCUT2D eigenvalue weighted by Gasteiger charge is -2.07. The van der Waals surface area contributed by atoms with Crippen LogP contribution in [0.4, 0.5) is 10.1 Å². The molecule has 1 N–H and O–H groups in total. The second-order valence-electron chi connectivity index (χ2n) is 4.55. The number of nitrogens with one attached hydrogen (secondary N) is 1. The molecule has 0 atom stereocenters. The van der Waals surface area contributed by atoms with Crippen LogP contribution in [0.15, 0.2) is 36.4 Å². The summed E-state index contributed by atoms with van der Waals surface area (Å²) < 4.78 is 13.1. The Kier molecular flexibility index (Phi) is 4.31. The number of amides is 1. The van der Waals surface area contributed by atoms with Crippen LogP contribution < -0.4 is 10.2 Å². The molecule has 0 saturated carbocycles. The van der Waals surface area contributed by atoms with Gasteiger partial charge in [-0.3, -0.25) is 4.79 Å². The summed E-state index contributed by atoms with van der Waals surface area (Å²) in [4.78, 5) is 18.2. The zero-order chi connectivity index (χ0) is 16.4. The van der Waals surface area contributed by atoms with E-state index in [1.54, 1.807) is 18.2 Å². The summed E-state index contributed by atoms with van der Waals surface area (Å²) in [6, 6.07) is 8.84. The first kappa shape index (κ1) is 15.5. The number of carbonyl (C=O) groups excluding carboxylic acids is 1. The Hall–Kier alpha value is -2.38. The number of halogens is 3. The largest absolute Gasteiger partial charge is 0.385 e. The molecule has 3 aromatic rings. The van der Waals surface area contributed by atoms with Crippen LogP contribution in [0.1, 0.15) is 0 Å². The molecule has 0 unspecified atom stereocenters. The highest BCUT2D eigenvalue weighted by molar-refractivity contribution is 6.31. The molecule has 2 aromatic carbocycles. The first-order valence-corrected chi connectivity index (χ1v) is 7.18. The summed E-state index contributed by atoms with van der Waals surface area (Å²) in [6.07, 6.45) is 0. The van der Waals surface area contributed by atoms with Gasteiger partial charge in [0.1, 0.15) is 16.9 Å². The van der Waals surface area contributed by atoms with Crippen LogP contribution in [0.3, 0.4) is 0 Å². The molecule has 0 bridgehead atoms. The van der Waals surface area contributed by atoms with Crippen molar-refractivity contribution in [2.45, 2.75) is 0 Å². The Morgan fingerprint density at radius 3 is 2.87 bits per heavy atom. The highest BCUT2D eigenvalue weighted by Crippen LogP contribution is 2.19. The normalized spacial score (nSPS) is 10.7. The number of benzene rings is 2. The minimum atomic E-state index is -0.563. The molecule has 0 saturated heterocycles. The van der Waals surface area contributed by atoms with Gasteiger partial charge in [0.25, 0.3) is 5.91 Å². The zero-order valence-corrected chi connectivity index (χ0v) is 13.0. The third-order valence-electron chi connectivity index (χ3n) is 2.90. The molecule has 9 heteroatoms. The second-order valence-corrected chi connectivity index (χ2v) is 5.39. The van der Waals surface area contributed by atoms with E-state index in [1.165, 1.54) is 12.1 Å². The molecule has 1 heterocycles. The summed E-state index contributed by atoms with van der Waals surface area (Å²) in [5.74, 6) is -1.02. The minimum absolute atomic E-state index is 0.0827. The van der Waals surface area contributed by atoms with Gasteiger partial charge in [-0.15, -0.1) is 5.10 Å². The maximum Gasteiger partial charge on any atom is 0.265 e.